The maximum absolute atomic E-state index is 9.28. The van der Waals surface area contributed by atoms with Gasteiger partial charge in [0.1, 0.15) is 6.10 Å². The van der Waals surface area contributed by atoms with E-state index in [1.165, 1.54) is 32.1 Å². The van der Waals surface area contributed by atoms with Crippen molar-refractivity contribution in [3.8, 4) is 0 Å². The SMILES string of the molecule is COC(c1ncc(C)c(CO)n1)C1CCCCC1. The van der Waals surface area contributed by atoms with Crippen molar-refractivity contribution in [3.05, 3.63) is 23.3 Å². The van der Waals surface area contributed by atoms with E-state index in [-0.39, 0.29) is 12.7 Å². The summed E-state index contributed by atoms with van der Waals surface area (Å²) in [5, 5.41) is 9.28. The van der Waals surface area contributed by atoms with Crippen molar-refractivity contribution in [2.24, 2.45) is 5.92 Å². The second-order valence-electron chi connectivity index (χ2n) is 5.07. The first-order chi connectivity index (χ1) is 8.76. The maximum atomic E-state index is 9.28. The van der Waals surface area contributed by atoms with Gasteiger partial charge >= 0.3 is 0 Å². The summed E-state index contributed by atoms with van der Waals surface area (Å²) in [6.45, 7) is 1.88. The minimum atomic E-state index is -0.0392. The van der Waals surface area contributed by atoms with E-state index in [1.807, 2.05) is 6.92 Å². The summed E-state index contributed by atoms with van der Waals surface area (Å²) in [7, 11) is 1.72. The van der Waals surface area contributed by atoms with Gasteiger partial charge in [-0.3, -0.25) is 0 Å². The number of aliphatic hydroxyl groups is 1. The zero-order valence-electron chi connectivity index (χ0n) is 11.2. The van der Waals surface area contributed by atoms with Crippen LogP contribution >= 0.6 is 0 Å². The van der Waals surface area contributed by atoms with Crippen LogP contribution in [0.2, 0.25) is 0 Å². The summed E-state index contributed by atoms with van der Waals surface area (Å²) >= 11 is 0. The van der Waals surface area contributed by atoms with Crippen molar-refractivity contribution >= 4 is 0 Å². The highest BCUT2D eigenvalue weighted by Gasteiger charge is 2.27. The second kappa shape index (κ2) is 6.25. The molecule has 1 aromatic heterocycles. The van der Waals surface area contributed by atoms with Gasteiger partial charge in [0.05, 0.1) is 12.3 Å². The molecule has 0 amide bonds. The lowest BCUT2D eigenvalue weighted by Crippen LogP contribution is -2.20. The fraction of sp³-hybridized carbons (Fsp3) is 0.714. The van der Waals surface area contributed by atoms with Gasteiger partial charge in [0.15, 0.2) is 5.82 Å². The van der Waals surface area contributed by atoms with Crippen molar-refractivity contribution in [1.29, 1.82) is 0 Å². The van der Waals surface area contributed by atoms with Gasteiger partial charge in [0.25, 0.3) is 0 Å². The fourth-order valence-electron chi connectivity index (χ4n) is 2.74. The van der Waals surface area contributed by atoms with Crippen molar-refractivity contribution in [2.45, 2.75) is 51.7 Å². The van der Waals surface area contributed by atoms with Crippen LogP contribution in [0.4, 0.5) is 0 Å². The van der Waals surface area contributed by atoms with E-state index >= 15 is 0 Å². The molecule has 4 nitrogen and oxygen atoms in total. The van der Waals surface area contributed by atoms with Gasteiger partial charge in [0, 0.05) is 13.3 Å². The van der Waals surface area contributed by atoms with E-state index in [0.29, 0.717) is 11.6 Å². The Bertz CT molecular complexity index is 389. The third-order valence-corrected chi connectivity index (χ3v) is 3.83. The standard InChI is InChI=1S/C14H22N2O2/c1-10-8-15-14(16-12(10)9-17)13(18-2)11-6-4-3-5-7-11/h8,11,13,17H,3-7,9H2,1-2H3. The van der Waals surface area contributed by atoms with Crippen LogP contribution in [-0.2, 0) is 11.3 Å². The van der Waals surface area contributed by atoms with E-state index in [1.54, 1.807) is 13.3 Å². The van der Waals surface area contributed by atoms with E-state index in [0.717, 1.165) is 11.4 Å². The van der Waals surface area contributed by atoms with E-state index in [9.17, 15) is 5.11 Å². The third kappa shape index (κ3) is 2.87. The highest BCUT2D eigenvalue weighted by molar-refractivity contribution is 5.15. The second-order valence-corrected chi connectivity index (χ2v) is 5.07. The third-order valence-electron chi connectivity index (χ3n) is 3.83. The highest BCUT2D eigenvalue weighted by atomic mass is 16.5. The van der Waals surface area contributed by atoms with Crippen LogP contribution in [-0.4, -0.2) is 22.2 Å². The summed E-state index contributed by atoms with van der Waals surface area (Å²) in [5.41, 5.74) is 1.64. The first-order valence-electron chi connectivity index (χ1n) is 6.72. The Morgan fingerprint density at radius 1 is 1.39 bits per heavy atom. The smallest absolute Gasteiger partial charge is 0.157 e. The normalized spacial score (nSPS) is 18.8. The quantitative estimate of drug-likeness (QED) is 0.892. The number of aromatic nitrogens is 2. The van der Waals surface area contributed by atoms with E-state index < -0.39 is 0 Å². The summed E-state index contributed by atoms with van der Waals surface area (Å²) in [5.74, 6) is 1.23. The monoisotopic (exact) mass is 250 g/mol. The van der Waals surface area contributed by atoms with E-state index in [4.69, 9.17) is 4.74 Å². The van der Waals surface area contributed by atoms with Gasteiger partial charge in [-0.1, -0.05) is 19.3 Å². The molecule has 0 radical (unpaired) electrons. The molecule has 1 fully saturated rings. The Balaban J connectivity index is 2.20. The highest BCUT2D eigenvalue weighted by Crippen LogP contribution is 2.35. The lowest BCUT2D eigenvalue weighted by molar-refractivity contribution is 0.0285. The zero-order chi connectivity index (χ0) is 13.0. The van der Waals surface area contributed by atoms with Crippen LogP contribution in [0.25, 0.3) is 0 Å². The summed E-state index contributed by atoms with van der Waals surface area (Å²) in [6, 6.07) is 0. The van der Waals surface area contributed by atoms with Crippen LogP contribution < -0.4 is 0 Å². The van der Waals surface area contributed by atoms with Gasteiger partial charge in [-0.05, 0) is 31.2 Å². The van der Waals surface area contributed by atoms with Gasteiger partial charge in [-0.25, -0.2) is 9.97 Å². The Kier molecular flexibility index (Phi) is 4.66. The van der Waals surface area contributed by atoms with Crippen LogP contribution in [0.15, 0.2) is 6.20 Å². The molecular formula is C14H22N2O2. The molecule has 0 spiro atoms. The van der Waals surface area contributed by atoms with Gasteiger partial charge in [-0.2, -0.15) is 0 Å². The number of aliphatic hydroxyl groups excluding tert-OH is 1. The van der Waals surface area contributed by atoms with Gasteiger partial charge in [0.2, 0.25) is 0 Å². The zero-order valence-corrected chi connectivity index (χ0v) is 11.2. The Morgan fingerprint density at radius 3 is 2.72 bits per heavy atom. The molecule has 18 heavy (non-hydrogen) atoms. The van der Waals surface area contributed by atoms with Crippen LogP contribution in [0.5, 0.6) is 0 Å². The number of methoxy groups -OCH3 is 1. The molecule has 1 unspecified atom stereocenters. The van der Waals surface area contributed by atoms with Crippen molar-refractivity contribution < 1.29 is 9.84 Å². The lowest BCUT2D eigenvalue weighted by atomic mass is 9.85. The predicted octanol–water partition coefficient (Wildman–Crippen LogP) is 2.55. The minimum Gasteiger partial charge on any atom is -0.390 e. The average molecular weight is 250 g/mol. The largest absolute Gasteiger partial charge is 0.390 e. The number of aryl methyl sites for hydroxylation is 1. The molecule has 1 aromatic rings. The Morgan fingerprint density at radius 2 is 2.11 bits per heavy atom. The Labute approximate surface area is 108 Å². The number of rotatable bonds is 4. The maximum Gasteiger partial charge on any atom is 0.157 e. The molecule has 1 aliphatic rings. The molecule has 1 N–H and O–H groups in total. The number of hydrogen-bond donors (Lipinski definition) is 1. The first-order valence-corrected chi connectivity index (χ1v) is 6.72. The fourth-order valence-corrected chi connectivity index (χ4v) is 2.74. The van der Waals surface area contributed by atoms with Crippen molar-refractivity contribution in [1.82, 2.24) is 9.97 Å². The molecule has 0 saturated heterocycles. The molecule has 1 heterocycles. The van der Waals surface area contributed by atoms with Crippen LogP contribution in [0, 0.1) is 12.8 Å². The van der Waals surface area contributed by atoms with Crippen LogP contribution in [0.3, 0.4) is 0 Å². The molecule has 0 bridgehead atoms. The summed E-state index contributed by atoms with van der Waals surface area (Å²) < 4.78 is 5.61. The number of nitrogens with zero attached hydrogens (tertiary/aromatic N) is 2. The number of ether oxygens (including phenoxy) is 1. The Hall–Kier alpha value is -1.00. The summed E-state index contributed by atoms with van der Waals surface area (Å²) in [4.78, 5) is 8.84. The first kappa shape index (κ1) is 13.4. The molecular weight excluding hydrogens is 228 g/mol. The molecule has 0 aliphatic heterocycles. The van der Waals surface area contributed by atoms with Crippen molar-refractivity contribution in [3.63, 3.8) is 0 Å². The van der Waals surface area contributed by atoms with Crippen molar-refractivity contribution in [2.75, 3.05) is 7.11 Å². The number of hydrogen-bond acceptors (Lipinski definition) is 4. The summed E-state index contributed by atoms with van der Waals surface area (Å²) in [6.07, 6.45) is 7.98. The predicted molar refractivity (Wildman–Crippen MR) is 69.0 cm³/mol. The topological polar surface area (TPSA) is 55.2 Å². The lowest BCUT2D eigenvalue weighted by Gasteiger charge is -2.28. The molecule has 1 aliphatic carbocycles. The molecule has 0 aromatic carbocycles. The molecule has 1 atom stereocenters. The van der Waals surface area contributed by atoms with Crippen LogP contribution in [0.1, 0.15) is 55.3 Å². The molecule has 4 heteroatoms. The van der Waals surface area contributed by atoms with Gasteiger partial charge < -0.3 is 9.84 Å². The molecule has 1 saturated carbocycles. The molecule has 2 rings (SSSR count). The minimum absolute atomic E-state index is 0.0313. The van der Waals surface area contributed by atoms with Gasteiger partial charge in [-0.15, -0.1) is 0 Å². The molecule has 100 valence electrons. The van der Waals surface area contributed by atoms with E-state index in [2.05, 4.69) is 9.97 Å². The average Bonchev–Trinajstić information content (AvgIpc) is 2.42.